The van der Waals surface area contributed by atoms with Crippen molar-refractivity contribution in [3.05, 3.63) is 59.9 Å². The highest BCUT2D eigenvalue weighted by Crippen LogP contribution is 2.58. The highest BCUT2D eigenvalue weighted by Gasteiger charge is 2.65. The van der Waals surface area contributed by atoms with E-state index in [2.05, 4.69) is 10.3 Å². The quantitative estimate of drug-likeness (QED) is 0.846. The van der Waals surface area contributed by atoms with Gasteiger partial charge in [0.15, 0.2) is 0 Å². The summed E-state index contributed by atoms with van der Waals surface area (Å²) in [4.78, 5) is 27.9. The minimum atomic E-state index is -0.892. The molecular formula is C20H22N2O3. The van der Waals surface area contributed by atoms with Crippen LogP contribution in [-0.2, 0) is 16.0 Å². The standard InChI is InChI=1S/C20H22N2O3/c1-13(2)20(12-17(20)18(23)24)19(25)22-16-5-3-14(4-6-16)11-15-7-9-21-10-8-15/h3-10,13,17H,11-12H2,1-2H3,(H,22,25)(H,23,24)/t17-,20+/m0/s1. The first-order chi connectivity index (χ1) is 11.9. The summed E-state index contributed by atoms with van der Waals surface area (Å²) in [7, 11) is 0. The summed E-state index contributed by atoms with van der Waals surface area (Å²) in [6.07, 6.45) is 4.74. The number of pyridine rings is 1. The second-order valence-electron chi connectivity index (χ2n) is 6.97. The van der Waals surface area contributed by atoms with Gasteiger partial charge < -0.3 is 10.4 Å². The molecule has 1 amide bonds. The molecule has 1 aliphatic carbocycles. The molecule has 0 spiro atoms. The van der Waals surface area contributed by atoms with Crippen molar-refractivity contribution in [2.75, 3.05) is 5.32 Å². The first-order valence-electron chi connectivity index (χ1n) is 8.45. The normalized spacial score (nSPS) is 21.8. The van der Waals surface area contributed by atoms with Gasteiger partial charge in [-0.3, -0.25) is 14.6 Å². The Morgan fingerprint density at radius 1 is 1.16 bits per heavy atom. The number of hydrogen-bond donors (Lipinski definition) is 2. The molecule has 1 aliphatic rings. The van der Waals surface area contributed by atoms with E-state index in [1.54, 1.807) is 12.4 Å². The highest BCUT2D eigenvalue weighted by molar-refractivity contribution is 6.01. The van der Waals surface area contributed by atoms with Crippen molar-refractivity contribution in [2.24, 2.45) is 17.3 Å². The van der Waals surface area contributed by atoms with E-state index in [1.807, 2.05) is 50.2 Å². The van der Waals surface area contributed by atoms with Crippen LogP contribution in [0.2, 0.25) is 0 Å². The molecule has 25 heavy (non-hydrogen) atoms. The number of nitrogens with zero attached hydrogens (tertiary/aromatic N) is 1. The van der Waals surface area contributed by atoms with Gasteiger partial charge in [0.1, 0.15) is 0 Å². The monoisotopic (exact) mass is 338 g/mol. The lowest BCUT2D eigenvalue weighted by Gasteiger charge is -2.20. The Morgan fingerprint density at radius 3 is 2.28 bits per heavy atom. The summed E-state index contributed by atoms with van der Waals surface area (Å²) in [5, 5.41) is 12.1. The zero-order valence-corrected chi connectivity index (χ0v) is 14.4. The van der Waals surface area contributed by atoms with Gasteiger partial charge in [-0.05, 0) is 54.2 Å². The SMILES string of the molecule is CC(C)[C@]1(C(=O)Nc2ccc(Cc3ccncc3)cc2)C[C@H]1C(=O)O. The van der Waals surface area contributed by atoms with Crippen molar-refractivity contribution in [3.8, 4) is 0 Å². The number of benzene rings is 1. The molecule has 130 valence electrons. The van der Waals surface area contributed by atoms with Gasteiger partial charge in [0, 0.05) is 18.1 Å². The van der Waals surface area contributed by atoms with Crippen molar-refractivity contribution < 1.29 is 14.7 Å². The molecule has 0 unspecified atom stereocenters. The fourth-order valence-electron chi connectivity index (χ4n) is 3.43. The molecule has 3 rings (SSSR count). The summed E-state index contributed by atoms with van der Waals surface area (Å²) in [6, 6.07) is 11.6. The Morgan fingerprint density at radius 2 is 1.76 bits per heavy atom. The molecule has 2 atom stereocenters. The van der Waals surface area contributed by atoms with E-state index >= 15 is 0 Å². The molecule has 1 heterocycles. The third-order valence-electron chi connectivity index (χ3n) is 5.12. The summed E-state index contributed by atoms with van der Waals surface area (Å²) in [6.45, 7) is 3.81. The molecule has 0 saturated heterocycles. The van der Waals surface area contributed by atoms with Crippen LogP contribution in [0.3, 0.4) is 0 Å². The summed E-state index contributed by atoms with van der Waals surface area (Å²) in [5.74, 6) is -1.69. The minimum absolute atomic E-state index is 0.0143. The van der Waals surface area contributed by atoms with Crippen molar-refractivity contribution in [1.82, 2.24) is 4.98 Å². The van der Waals surface area contributed by atoms with Gasteiger partial charge in [-0.25, -0.2) is 0 Å². The van der Waals surface area contributed by atoms with Crippen molar-refractivity contribution in [1.29, 1.82) is 0 Å². The lowest BCUT2D eigenvalue weighted by atomic mass is 9.88. The van der Waals surface area contributed by atoms with E-state index in [0.29, 0.717) is 12.1 Å². The Kier molecular flexibility index (Phi) is 4.57. The van der Waals surface area contributed by atoms with Crippen LogP contribution in [0.4, 0.5) is 5.69 Å². The maximum atomic E-state index is 12.6. The van der Waals surface area contributed by atoms with Gasteiger partial charge in [0.25, 0.3) is 0 Å². The van der Waals surface area contributed by atoms with Gasteiger partial charge in [-0.15, -0.1) is 0 Å². The van der Waals surface area contributed by atoms with Crippen LogP contribution in [-0.4, -0.2) is 22.0 Å². The van der Waals surface area contributed by atoms with E-state index in [1.165, 1.54) is 5.56 Å². The molecule has 0 radical (unpaired) electrons. The second-order valence-corrected chi connectivity index (χ2v) is 6.97. The van der Waals surface area contributed by atoms with Gasteiger partial charge in [-0.2, -0.15) is 0 Å². The number of carbonyl (C=O) groups is 2. The summed E-state index contributed by atoms with van der Waals surface area (Å²) >= 11 is 0. The smallest absolute Gasteiger partial charge is 0.307 e. The molecule has 0 aliphatic heterocycles. The number of aromatic nitrogens is 1. The number of rotatable bonds is 6. The molecule has 0 bridgehead atoms. The number of aliphatic carboxylic acids is 1. The van der Waals surface area contributed by atoms with Crippen LogP contribution in [0, 0.1) is 17.3 Å². The average Bonchev–Trinajstić information content (AvgIpc) is 3.35. The lowest BCUT2D eigenvalue weighted by molar-refractivity contribution is -0.141. The third kappa shape index (κ3) is 3.40. The molecule has 1 fully saturated rings. The molecule has 1 aromatic carbocycles. The van der Waals surface area contributed by atoms with Crippen LogP contribution < -0.4 is 5.32 Å². The first-order valence-corrected chi connectivity index (χ1v) is 8.45. The third-order valence-corrected chi connectivity index (χ3v) is 5.12. The zero-order valence-electron chi connectivity index (χ0n) is 14.4. The first kappa shape index (κ1) is 17.1. The zero-order chi connectivity index (χ0) is 18.0. The van der Waals surface area contributed by atoms with E-state index in [4.69, 9.17) is 0 Å². The van der Waals surface area contributed by atoms with Gasteiger partial charge in [0.05, 0.1) is 11.3 Å². The van der Waals surface area contributed by atoms with Crippen LogP contribution in [0.5, 0.6) is 0 Å². The second kappa shape index (κ2) is 6.67. The Hall–Kier alpha value is -2.69. The number of carbonyl (C=O) groups excluding carboxylic acids is 1. The Labute approximate surface area is 147 Å². The number of nitrogens with one attached hydrogen (secondary N) is 1. The highest BCUT2D eigenvalue weighted by atomic mass is 16.4. The van der Waals surface area contributed by atoms with Gasteiger partial charge >= 0.3 is 5.97 Å². The molecular weight excluding hydrogens is 316 g/mol. The average molecular weight is 338 g/mol. The van der Waals surface area contributed by atoms with Gasteiger partial charge in [-0.1, -0.05) is 26.0 Å². The van der Waals surface area contributed by atoms with E-state index < -0.39 is 17.3 Å². The molecule has 2 aromatic rings. The number of amides is 1. The van der Waals surface area contributed by atoms with Crippen molar-refractivity contribution in [2.45, 2.75) is 26.7 Å². The van der Waals surface area contributed by atoms with E-state index in [9.17, 15) is 14.7 Å². The van der Waals surface area contributed by atoms with Crippen LogP contribution in [0.25, 0.3) is 0 Å². The van der Waals surface area contributed by atoms with Gasteiger partial charge in [0.2, 0.25) is 5.91 Å². The van der Waals surface area contributed by atoms with E-state index in [0.717, 1.165) is 12.0 Å². The molecule has 5 heteroatoms. The maximum absolute atomic E-state index is 12.6. The lowest BCUT2D eigenvalue weighted by Crippen LogP contribution is -2.32. The topological polar surface area (TPSA) is 79.3 Å². The summed E-state index contributed by atoms with van der Waals surface area (Å²) in [5.41, 5.74) is 2.21. The number of carboxylic acid groups (broad SMARTS) is 1. The molecule has 1 saturated carbocycles. The van der Waals surface area contributed by atoms with Crippen molar-refractivity contribution >= 4 is 17.6 Å². The van der Waals surface area contributed by atoms with E-state index in [-0.39, 0.29) is 11.8 Å². The van der Waals surface area contributed by atoms with Crippen molar-refractivity contribution in [3.63, 3.8) is 0 Å². The summed E-state index contributed by atoms with van der Waals surface area (Å²) < 4.78 is 0. The number of anilines is 1. The van der Waals surface area contributed by atoms with Crippen LogP contribution >= 0.6 is 0 Å². The van der Waals surface area contributed by atoms with Crippen LogP contribution in [0.15, 0.2) is 48.8 Å². The maximum Gasteiger partial charge on any atom is 0.307 e. The molecule has 1 aromatic heterocycles. The fourth-order valence-corrected chi connectivity index (χ4v) is 3.43. The Balaban J connectivity index is 1.67. The predicted molar refractivity (Wildman–Crippen MR) is 95.1 cm³/mol. The molecule has 5 nitrogen and oxygen atoms in total. The minimum Gasteiger partial charge on any atom is -0.481 e. The molecule has 2 N–H and O–H groups in total. The fraction of sp³-hybridized carbons (Fsp3) is 0.350. The number of hydrogen-bond acceptors (Lipinski definition) is 3. The Bertz CT molecular complexity index is 771. The largest absolute Gasteiger partial charge is 0.481 e. The number of carboxylic acids is 1. The predicted octanol–water partition coefficient (Wildman–Crippen LogP) is 3.36. The van der Waals surface area contributed by atoms with Crippen LogP contribution in [0.1, 0.15) is 31.4 Å².